The minimum absolute atomic E-state index is 0.114. The fourth-order valence-corrected chi connectivity index (χ4v) is 2.54. The summed E-state index contributed by atoms with van der Waals surface area (Å²) in [5, 5.41) is 12.0. The predicted octanol–water partition coefficient (Wildman–Crippen LogP) is 1.02. The van der Waals surface area contributed by atoms with Gasteiger partial charge in [-0.1, -0.05) is 12.1 Å². The predicted molar refractivity (Wildman–Crippen MR) is 80.4 cm³/mol. The number of hydrogen-bond donors (Lipinski definition) is 2. The Morgan fingerprint density at radius 2 is 2.05 bits per heavy atom. The molecule has 0 radical (unpaired) electrons. The minimum Gasteiger partial charge on any atom is -0.409 e. The molecule has 1 saturated heterocycles. The summed E-state index contributed by atoms with van der Waals surface area (Å²) >= 11 is 0. The Labute approximate surface area is 119 Å². The molecule has 2 rings (SSSR count). The Balaban J connectivity index is 2.18. The summed E-state index contributed by atoms with van der Waals surface area (Å²) in [6.07, 6.45) is 1.18. The maximum atomic E-state index is 8.90. The smallest absolute Gasteiger partial charge is 0.173 e. The summed E-state index contributed by atoms with van der Waals surface area (Å²) in [6, 6.07) is 3.75. The summed E-state index contributed by atoms with van der Waals surface area (Å²) in [4.78, 5) is 9.24. The van der Waals surface area contributed by atoms with Crippen molar-refractivity contribution in [2.75, 3.05) is 37.6 Å². The van der Waals surface area contributed by atoms with Crippen molar-refractivity contribution in [3.8, 4) is 0 Å². The Kier molecular flexibility index (Phi) is 4.79. The zero-order valence-corrected chi connectivity index (χ0v) is 12.2. The van der Waals surface area contributed by atoms with Gasteiger partial charge in [-0.05, 0) is 32.0 Å². The number of rotatable bonds is 4. The first kappa shape index (κ1) is 14.6. The molecule has 1 aliphatic rings. The van der Waals surface area contributed by atoms with Crippen LogP contribution in [-0.4, -0.2) is 53.7 Å². The van der Waals surface area contributed by atoms with E-state index in [1.54, 1.807) is 0 Å². The number of hydrogen-bond acceptors (Lipinski definition) is 5. The molecule has 0 amide bonds. The number of pyridine rings is 1. The van der Waals surface area contributed by atoms with Crippen molar-refractivity contribution in [1.82, 2.24) is 9.88 Å². The lowest BCUT2D eigenvalue weighted by atomic mass is 10.2. The van der Waals surface area contributed by atoms with Crippen LogP contribution >= 0.6 is 0 Å². The second-order valence-corrected chi connectivity index (χ2v) is 5.14. The molecule has 0 spiro atoms. The molecule has 0 bridgehead atoms. The lowest BCUT2D eigenvalue weighted by molar-refractivity contribution is 0.258. The SMILES string of the molecule is CCCN1CCN(c2nc(C)ccc2C(N)=NO)CC1. The van der Waals surface area contributed by atoms with E-state index in [0.717, 1.165) is 44.2 Å². The van der Waals surface area contributed by atoms with Crippen molar-refractivity contribution in [1.29, 1.82) is 0 Å². The van der Waals surface area contributed by atoms with E-state index in [1.165, 1.54) is 6.42 Å². The van der Waals surface area contributed by atoms with Crippen LogP contribution in [0.25, 0.3) is 0 Å². The highest BCUT2D eigenvalue weighted by molar-refractivity contribution is 6.01. The molecule has 0 saturated carbocycles. The molecule has 20 heavy (non-hydrogen) atoms. The van der Waals surface area contributed by atoms with Gasteiger partial charge in [0.25, 0.3) is 0 Å². The highest BCUT2D eigenvalue weighted by atomic mass is 16.4. The highest BCUT2D eigenvalue weighted by Gasteiger charge is 2.21. The molecular formula is C14H23N5O. The second kappa shape index (κ2) is 6.56. The molecule has 1 fully saturated rings. The van der Waals surface area contributed by atoms with E-state index in [-0.39, 0.29) is 5.84 Å². The molecule has 0 aliphatic carbocycles. The van der Waals surface area contributed by atoms with Crippen LogP contribution in [0.15, 0.2) is 17.3 Å². The van der Waals surface area contributed by atoms with Gasteiger partial charge in [-0.25, -0.2) is 4.98 Å². The minimum atomic E-state index is 0.114. The van der Waals surface area contributed by atoms with E-state index < -0.39 is 0 Å². The van der Waals surface area contributed by atoms with Crippen LogP contribution in [0.5, 0.6) is 0 Å². The Morgan fingerprint density at radius 1 is 1.35 bits per heavy atom. The van der Waals surface area contributed by atoms with Crippen molar-refractivity contribution >= 4 is 11.7 Å². The molecule has 1 aromatic heterocycles. The number of nitrogens with two attached hydrogens (primary N) is 1. The van der Waals surface area contributed by atoms with Gasteiger partial charge in [0.15, 0.2) is 5.84 Å². The molecule has 3 N–H and O–H groups in total. The molecule has 0 aromatic carbocycles. The third-order valence-electron chi connectivity index (χ3n) is 3.61. The number of aromatic nitrogens is 1. The van der Waals surface area contributed by atoms with Crippen molar-refractivity contribution in [2.45, 2.75) is 20.3 Å². The fourth-order valence-electron chi connectivity index (χ4n) is 2.54. The molecule has 0 unspecified atom stereocenters. The van der Waals surface area contributed by atoms with Gasteiger partial charge in [0.2, 0.25) is 0 Å². The Morgan fingerprint density at radius 3 is 2.65 bits per heavy atom. The number of piperazine rings is 1. The number of oxime groups is 1. The second-order valence-electron chi connectivity index (χ2n) is 5.14. The van der Waals surface area contributed by atoms with E-state index in [0.29, 0.717) is 5.56 Å². The normalized spacial score (nSPS) is 17.5. The summed E-state index contributed by atoms with van der Waals surface area (Å²) in [5.41, 5.74) is 7.38. The molecule has 110 valence electrons. The maximum absolute atomic E-state index is 8.90. The monoisotopic (exact) mass is 277 g/mol. The molecule has 0 atom stereocenters. The molecule has 1 aromatic rings. The quantitative estimate of drug-likeness (QED) is 0.372. The summed E-state index contributed by atoms with van der Waals surface area (Å²) in [6.45, 7) is 9.18. The summed E-state index contributed by atoms with van der Waals surface area (Å²) in [7, 11) is 0. The van der Waals surface area contributed by atoms with Crippen LogP contribution in [0.1, 0.15) is 24.6 Å². The highest BCUT2D eigenvalue weighted by Crippen LogP contribution is 2.20. The number of amidine groups is 1. The first-order chi connectivity index (χ1) is 9.65. The lowest BCUT2D eigenvalue weighted by Gasteiger charge is -2.36. The van der Waals surface area contributed by atoms with Crippen LogP contribution < -0.4 is 10.6 Å². The van der Waals surface area contributed by atoms with Crippen molar-refractivity contribution < 1.29 is 5.21 Å². The molecule has 6 nitrogen and oxygen atoms in total. The molecule has 2 heterocycles. The lowest BCUT2D eigenvalue weighted by Crippen LogP contribution is -2.47. The van der Waals surface area contributed by atoms with Gasteiger partial charge in [-0.2, -0.15) is 0 Å². The standard InChI is InChI=1S/C14H23N5O/c1-3-6-18-7-9-19(10-8-18)14-12(13(15)17-20)5-4-11(2)16-14/h4-5,20H,3,6-10H2,1-2H3,(H2,15,17). The van der Waals surface area contributed by atoms with Gasteiger partial charge in [-0.15, -0.1) is 0 Å². The third-order valence-corrected chi connectivity index (χ3v) is 3.61. The first-order valence-corrected chi connectivity index (χ1v) is 7.08. The van der Waals surface area contributed by atoms with E-state index in [1.807, 2.05) is 19.1 Å². The Hall–Kier alpha value is -1.82. The van der Waals surface area contributed by atoms with Crippen LogP contribution in [0, 0.1) is 6.92 Å². The van der Waals surface area contributed by atoms with Gasteiger partial charge in [-0.3, -0.25) is 4.90 Å². The van der Waals surface area contributed by atoms with E-state index in [4.69, 9.17) is 10.9 Å². The number of anilines is 1. The van der Waals surface area contributed by atoms with Crippen molar-refractivity contribution in [2.24, 2.45) is 10.9 Å². The zero-order chi connectivity index (χ0) is 14.5. The molecular weight excluding hydrogens is 254 g/mol. The van der Waals surface area contributed by atoms with Gasteiger partial charge in [0, 0.05) is 31.9 Å². The molecule has 1 aliphatic heterocycles. The topological polar surface area (TPSA) is 78.0 Å². The Bertz CT molecular complexity index is 480. The number of nitrogens with zero attached hydrogens (tertiary/aromatic N) is 4. The van der Waals surface area contributed by atoms with Gasteiger partial charge < -0.3 is 15.8 Å². The summed E-state index contributed by atoms with van der Waals surface area (Å²) < 4.78 is 0. The fraction of sp³-hybridized carbons (Fsp3) is 0.571. The van der Waals surface area contributed by atoms with Crippen LogP contribution in [0.3, 0.4) is 0 Å². The van der Waals surface area contributed by atoms with E-state index in [9.17, 15) is 0 Å². The van der Waals surface area contributed by atoms with Crippen molar-refractivity contribution in [3.05, 3.63) is 23.4 Å². The van der Waals surface area contributed by atoms with Crippen LogP contribution in [0.2, 0.25) is 0 Å². The first-order valence-electron chi connectivity index (χ1n) is 7.08. The van der Waals surface area contributed by atoms with Crippen molar-refractivity contribution in [3.63, 3.8) is 0 Å². The van der Waals surface area contributed by atoms with Gasteiger partial charge in [0.1, 0.15) is 5.82 Å². The van der Waals surface area contributed by atoms with E-state index >= 15 is 0 Å². The average Bonchev–Trinajstić information content (AvgIpc) is 2.47. The third kappa shape index (κ3) is 3.19. The van der Waals surface area contributed by atoms with E-state index in [2.05, 4.69) is 26.9 Å². The maximum Gasteiger partial charge on any atom is 0.173 e. The van der Waals surface area contributed by atoms with Gasteiger partial charge >= 0.3 is 0 Å². The van der Waals surface area contributed by atoms with Crippen LogP contribution in [-0.2, 0) is 0 Å². The largest absolute Gasteiger partial charge is 0.409 e. The van der Waals surface area contributed by atoms with Crippen LogP contribution in [0.4, 0.5) is 5.82 Å². The van der Waals surface area contributed by atoms with Gasteiger partial charge in [0.05, 0.1) is 5.56 Å². The summed E-state index contributed by atoms with van der Waals surface area (Å²) in [5.74, 6) is 0.930. The molecule has 6 heteroatoms. The average molecular weight is 277 g/mol. The number of aryl methyl sites for hydroxylation is 1. The zero-order valence-electron chi connectivity index (χ0n) is 12.2.